The summed E-state index contributed by atoms with van der Waals surface area (Å²) in [6.45, 7) is 3.84. The molecule has 0 atom stereocenters. The number of nitrogens with zero attached hydrogens (tertiary/aromatic N) is 4. The molecule has 0 bridgehead atoms. The molecule has 0 saturated carbocycles. The summed E-state index contributed by atoms with van der Waals surface area (Å²) in [6, 6.07) is 12.4. The van der Waals surface area contributed by atoms with Crippen LogP contribution in [-0.2, 0) is 13.0 Å². The molecule has 1 aromatic carbocycles. The number of pyridine rings is 1. The van der Waals surface area contributed by atoms with E-state index in [4.69, 9.17) is 4.98 Å². The molecule has 0 aliphatic carbocycles. The lowest BCUT2D eigenvalue weighted by molar-refractivity contribution is 0.716. The molecular weight excluding hydrogens is 364 g/mol. The molecule has 1 aliphatic heterocycles. The van der Waals surface area contributed by atoms with Crippen LogP contribution in [0.4, 0.5) is 5.82 Å². The van der Waals surface area contributed by atoms with Crippen LogP contribution in [0.25, 0.3) is 11.4 Å². The van der Waals surface area contributed by atoms with Gasteiger partial charge in [0.25, 0.3) is 0 Å². The lowest BCUT2D eigenvalue weighted by atomic mass is 10.00. The minimum atomic E-state index is 0.732. The summed E-state index contributed by atoms with van der Waals surface area (Å²) >= 11 is 3.68. The van der Waals surface area contributed by atoms with Gasteiger partial charge < -0.3 is 4.90 Å². The van der Waals surface area contributed by atoms with Crippen molar-refractivity contribution in [1.29, 1.82) is 0 Å². The number of halogens is 1. The summed E-state index contributed by atoms with van der Waals surface area (Å²) in [7, 11) is 0. The van der Waals surface area contributed by atoms with Crippen molar-refractivity contribution >= 4 is 21.7 Å². The second kappa shape index (κ2) is 6.32. The summed E-state index contributed by atoms with van der Waals surface area (Å²) in [5.74, 6) is 1.71. The van der Waals surface area contributed by atoms with Gasteiger partial charge in [0.15, 0.2) is 5.82 Å². The summed E-state index contributed by atoms with van der Waals surface area (Å²) in [5, 5.41) is 0. The molecule has 0 amide bonds. The van der Waals surface area contributed by atoms with Crippen molar-refractivity contribution in [3.8, 4) is 11.4 Å². The Labute approximate surface area is 149 Å². The molecule has 0 radical (unpaired) electrons. The Kier molecular flexibility index (Phi) is 4.02. The SMILES string of the molecule is Cc1cc(N2CCc3cccc(Br)c3C2)nc(-c2cccnc2)n1. The summed E-state index contributed by atoms with van der Waals surface area (Å²) < 4.78 is 1.17. The number of anilines is 1. The molecule has 120 valence electrons. The number of hydrogen-bond acceptors (Lipinski definition) is 4. The third kappa shape index (κ3) is 2.91. The lowest BCUT2D eigenvalue weighted by Crippen LogP contribution is -2.31. The van der Waals surface area contributed by atoms with Crippen LogP contribution < -0.4 is 4.90 Å². The number of hydrogen-bond donors (Lipinski definition) is 0. The lowest BCUT2D eigenvalue weighted by Gasteiger charge is -2.30. The second-order valence-corrected chi connectivity index (χ2v) is 6.84. The predicted octanol–water partition coefficient (Wildman–Crippen LogP) is 4.17. The van der Waals surface area contributed by atoms with Gasteiger partial charge in [0, 0.05) is 47.3 Å². The van der Waals surface area contributed by atoms with Crippen LogP contribution in [0.1, 0.15) is 16.8 Å². The first-order valence-corrected chi connectivity index (χ1v) is 8.77. The first kappa shape index (κ1) is 15.3. The van der Waals surface area contributed by atoms with Crippen molar-refractivity contribution in [2.45, 2.75) is 19.9 Å². The quantitative estimate of drug-likeness (QED) is 0.668. The third-order valence-electron chi connectivity index (χ3n) is 4.30. The normalized spacial score (nSPS) is 13.7. The largest absolute Gasteiger partial charge is 0.352 e. The zero-order chi connectivity index (χ0) is 16.5. The molecule has 0 fully saturated rings. The smallest absolute Gasteiger partial charge is 0.163 e. The van der Waals surface area contributed by atoms with Crippen LogP contribution >= 0.6 is 15.9 Å². The van der Waals surface area contributed by atoms with Gasteiger partial charge in [-0.05, 0) is 42.7 Å². The maximum absolute atomic E-state index is 4.79. The Morgan fingerprint density at radius 2 is 2.04 bits per heavy atom. The summed E-state index contributed by atoms with van der Waals surface area (Å²) in [4.78, 5) is 15.9. The zero-order valence-electron chi connectivity index (χ0n) is 13.4. The second-order valence-electron chi connectivity index (χ2n) is 5.98. The highest BCUT2D eigenvalue weighted by molar-refractivity contribution is 9.10. The molecule has 24 heavy (non-hydrogen) atoms. The van der Waals surface area contributed by atoms with E-state index in [1.165, 1.54) is 15.6 Å². The molecule has 0 spiro atoms. The predicted molar refractivity (Wildman–Crippen MR) is 98.9 cm³/mol. The van der Waals surface area contributed by atoms with Crippen LogP contribution in [0.2, 0.25) is 0 Å². The molecule has 3 aromatic rings. The van der Waals surface area contributed by atoms with E-state index in [0.29, 0.717) is 0 Å². The van der Waals surface area contributed by atoms with Crippen LogP contribution in [-0.4, -0.2) is 21.5 Å². The highest BCUT2D eigenvalue weighted by Crippen LogP contribution is 2.29. The van der Waals surface area contributed by atoms with E-state index in [9.17, 15) is 0 Å². The first-order valence-electron chi connectivity index (χ1n) is 7.98. The highest BCUT2D eigenvalue weighted by atomic mass is 79.9. The van der Waals surface area contributed by atoms with E-state index in [1.54, 1.807) is 12.4 Å². The number of benzene rings is 1. The van der Waals surface area contributed by atoms with Crippen molar-refractivity contribution in [3.05, 3.63) is 70.1 Å². The van der Waals surface area contributed by atoms with Gasteiger partial charge in [0.05, 0.1) is 0 Å². The summed E-state index contributed by atoms with van der Waals surface area (Å²) in [6.07, 6.45) is 4.60. The Hall–Kier alpha value is -2.27. The van der Waals surface area contributed by atoms with Gasteiger partial charge in [-0.1, -0.05) is 28.1 Å². The molecule has 4 rings (SSSR count). The van der Waals surface area contributed by atoms with Gasteiger partial charge in [-0.15, -0.1) is 0 Å². The van der Waals surface area contributed by atoms with Crippen LogP contribution in [0, 0.1) is 6.92 Å². The Bertz CT molecular complexity index is 880. The monoisotopic (exact) mass is 380 g/mol. The van der Waals surface area contributed by atoms with Crippen LogP contribution in [0.3, 0.4) is 0 Å². The van der Waals surface area contributed by atoms with Crippen molar-refractivity contribution in [1.82, 2.24) is 15.0 Å². The molecular formula is C19H17BrN4. The topological polar surface area (TPSA) is 41.9 Å². The minimum Gasteiger partial charge on any atom is -0.352 e. The molecule has 0 saturated heterocycles. The third-order valence-corrected chi connectivity index (χ3v) is 5.04. The van der Waals surface area contributed by atoms with Gasteiger partial charge in [-0.25, -0.2) is 9.97 Å². The van der Waals surface area contributed by atoms with E-state index in [1.807, 2.05) is 19.1 Å². The maximum atomic E-state index is 4.79. The summed E-state index contributed by atoms with van der Waals surface area (Å²) in [5.41, 5.74) is 4.68. The van der Waals surface area contributed by atoms with Crippen molar-refractivity contribution in [3.63, 3.8) is 0 Å². The maximum Gasteiger partial charge on any atom is 0.163 e. The number of fused-ring (bicyclic) bond motifs is 1. The van der Waals surface area contributed by atoms with Gasteiger partial charge in [-0.2, -0.15) is 0 Å². The van der Waals surface area contributed by atoms with Gasteiger partial charge in [0.1, 0.15) is 5.82 Å². The average molecular weight is 381 g/mol. The fraction of sp³-hybridized carbons (Fsp3) is 0.211. The zero-order valence-corrected chi connectivity index (χ0v) is 15.0. The molecule has 2 aromatic heterocycles. The number of rotatable bonds is 2. The van der Waals surface area contributed by atoms with E-state index < -0.39 is 0 Å². The molecule has 3 heterocycles. The Morgan fingerprint density at radius 1 is 1.12 bits per heavy atom. The minimum absolute atomic E-state index is 0.732. The first-order chi connectivity index (χ1) is 11.7. The fourth-order valence-corrected chi connectivity index (χ4v) is 3.61. The van der Waals surface area contributed by atoms with Crippen molar-refractivity contribution < 1.29 is 0 Å². The average Bonchev–Trinajstić information content (AvgIpc) is 2.62. The molecule has 4 nitrogen and oxygen atoms in total. The number of aromatic nitrogens is 3. The molecule has 0 N–H and O–H groups in total. The van der Waals surface area contributed by atoms with Gasteiger partial charge in [-0.3, -0.25) is 4.98 Å². The Balaban J connectivity index is 1.70. The van der Waals surface area contributed by atoms with E-state index >= 15 is 0 Å². The molecule has 1 aliphatic rings. The van der Waals surface area contributed by atoms with E-state index in [-0.39, 0.29) is 0 Å². The highest BCUT2D eigenvalue weighted by Gasteiger charge is 2.20. The van der Waals surface area contributed by atoms with Crippen molar-refractivity contribution in [2.24, 2.45) is 0 Å². The Morgan fingerprint density at radius 3 is 2.88 bits per heavy atom. The van der Waals surface area contributed by atoms with Crippen LogP contribution in [0.5, 0.6) is 0 Å². The van der Waals surface area contributed by atoms with Crippen molar-refractivity contribution in [2.75, 3.05) is 11.4 Å². The molecule has 0 unspecified atom stereocenters. The standard InChI is InChI=1S/C19H17BrN4/c1-13-10-18(23-19(22-13)15-5-3-8-21-11-15)24-9-7-14-4-2-6-17(20)16(14)12-24/h2-6,8,10-11H,7,9,12H2,1H3. The van der Waals surface area contributed by atoms with Crippen LogP contribution in [0.15, 0.2) is 53.3 Å². The molecule has 5 heteroatoms. The van der Waals surface area contributed by atoms with E-state index in [2.05, 4.69) is 55.1 Å². The van der Waals surface area contributed by atoms with Gasteiger partial charge in [0.2, 0.25) is 0 Å². The van der Waals surface area contributed by atoms with E-state index in [0.717, 1.165) is 42.4 Å². The fourth-order valence-electron chi connectivity index (χ4n) is 3.07. The number of aryl methyl sites for hydroxylation is 1. The van der Waals surface area contributed by atoms with Gasteiger partial charge >= 0.3 is 0 Å².